The number of ether oxygens (including phenoxy) is 1. The van der Waals surface area contributed by atoms with E-state index >= 15 is 0 Å². The summed E-state index contributed by atoms with van der Waals surface area (Å²) in [5.74, 6) is 0. The molecule has 0 aromatic heterocycles. The van der Waals surface area contributed by atoms with Gasteiger partial charge in [0.1, 0.15) is 0 Å². The summed E-state index contributed by atoms with van der Waals surface area (Å²) in [6.45, 7) is 1.07. The molecule has 3 nitrogen and oxygen atoms in total. The molecule has 0 atom stereocenters. The van der Waals surface area contributed by atoms with Gasteiger partial charge < -0.3 is 14.4 Å². The van der Waals surface area contributed by atoms with Gasteiger partial charge in [-0.2, -0.15) is 0 Å². The molecular formula is C9H11BO3. The predicted octanol–water partition coefficient (Wildman–Crippen LogP) is 0.0507. The summed E-state index contributed by atoms with van der Waals surface area (Å²) in [6.07, 6.45) is 0. The van der Waals surface area contributed by atoms with Crippen LogP contribution in [0.5, 0.6) is 0 Å². The van der Waals surface area contributed by atoms with E-state index in [1.165, 1.54) is 0 Å². The third-order valence-electron chi connectivity index (χ3n) is 2.18. The van der Waals surface area contributed by atoms with Crippen LogP contribution in [0.3, 0.4) is 0 Å². The van der Waals surface area contributed by atoms with Crippen LogP contribution in [0.4, 0.5) is 0 Å². The molecular weight excluding hydrogens is 167 g/mol. The molecule has 0 radical (unpaired) electrons. The Labute approximate surface area is 77.4 Å². The summed E-state index contributed by atoms with van der Waals surface area (Å²) in [5.41, 5.74) is 2.99. The number of benzene rings is 1. The minimum atomic E-state index is -0.758. The van der Waals surface area contributed by atoms with E-state index in [1.54, 1.807) is 7.11 Å². The SMILES string of the molecule is COCc1ccc2c(c1)B(O)OC2. The summed E-state index contributed by atoms with van der Waals surface area (Å²) in [7, 11) is 0.895. The second-order valence-electron chi connectivity index (χ2n) is 3.13. The van der Waals surface area contributed by atoms with E-state index in [1.807, 2.05) is 18.2 Å². The highest BCUT2D eigenvalue weighted by Crippen LogP contribution is 2.11. The van der Waals surface area contributed by atoms with Gasteiger partial charge in [0, 0.05) is 7.11 Å². The van der Waals surface area contributed by atoms with Crippen LogP contribution >= 0.6 is 0 Å². The quantitative estimate of drug-likeness (QED) is 0.650. The van der Waals surface area contributed by atoms with E-state index in [0.717, 1.165) is 16.6 Å². The van der Waals surface area contributed by atoms with Gasteiger partial charge in [0.25, 0.3) is 0 Å². The van der Waals surface area contributed by atoms with Crippen LogP contribution in [0.2, 0.25) is 0 Å². The predicted molar refractivity (Wildman–Crippen MR) is 49.6 cm³/mol. The Morgan fingerprint density at radius 1 is 1.62 bits per heavy atom. The molecule has 0 saturated carbocycles. The van der Waals surface area contributed by atoms with Gasteiger partial charge in [-0.3, -0.25) is 0 Å². The largest absolute Gasteiger partial charge is 0.491 e. The molecule has 0 unspecified atom stereocenters. The van der Waals surface area contributed by atoms with Gasteiger partial charge in [-0.25, -0.2) is 0 Å². The summed E-state index contributed by atoms with van der Waals surface area (Å²) in [6, 6.07) is 5.89. The number of fused-ring (bicyclic) bond motifs is 1. The zero-order chi connectivity index (χ0) is 9.26. The Hall–Kier alpha value is -0.835. The van der Waals surface area contributed by atoms with Crippen LogP contribution in [0, 0.1) is 0 Å². The van der Waals surface area contributed by atoms with E-state index in [-0.39, 0.29) is 0 Å². The van der Waals surface area contributed by atoms with Gasteiger partial charge in [-0.15, -0.1) is 0 Å². The third kappa shape index (κ3) is 1.61. The molecule has 0 amide bonds. The van der Waals surface area contributed by atoms with E-state index in [4.69, 9.17) is 9.39 Å². The van der Waals surface area contributed by atoms with Gasteiger partial charge in [-0.05, 0) is 16.6 Å². The molecule has 1 heterocycles. The molecule has 1 aliphatic rings. The molecule has 2 rings (SSSR count). The minimum absolute atomic E-state index is 0.504. The fraction of sp³-hybridized carbons (Fsp3) is 0.333. The Morgan fingerprint density at radius 3 is 3.23 bits per heavy atom. The first-order valence-electron chi connectivity index (χ1n) is 4.21. The van der Waals surface area contributed by atoms with Crippen molar-refractivity contribution < 1.29 is 14.4 Å². The highest BCUT2D eigenvalue weighted by molar-refractivity contribution is 6.61. The van der Waals surface area contributed by atoms with Crippen LogP contribution in [0.15, 0.2) is 18.2 Å². The zero-order valence-corrected chi connectivity index (χ0v) is 7.49. The van der Waals surface area contributed by atoms with Crippen molar-refractivity contribution in [3.8, 4) is 0 Å². The maximum absolute atomic E-state index is 9.41. The van der Waals surface area contributed by atoms with E-state index in [2.05, 4.69) is 0 Å². The fourth-order valence-electron chi connectivity index (χ4n) is 1.52. The molecule has 0 bridgehead atoms. The Balaban J connectivity index is 2.31. The standard InChI is InChI=1S/C9H11BO3/c1-12-5-7-2-3-8-6-13-10(11)9(8)4-7/h2-4,11H,5-6H2,1H3. The second kappa shape index (κ2) is 3.50. The van der Waals surface area contributed by atoms with Crippen LogP contribution in [-0.4, -0.2) is 19.3 Å². The van der Waals surface area contributed by atoms with Crippen LogP contribution in [0.1, 0.15) is 11.1 Å². The first-order chi connectivity index (χ1) is 6.31. The average molecular weight is 178 g/mol. The van der Waals surface area contributed by atoms with Gasteiger partial charge in [-0.1, -0.05) is 18.2 Å². The topological polar surface area (TPSA) is 38.7 Å². The van der Waals surface area contributed by atoms with Gasteiger partial charge in [0.2, 0.25) is 0 Å². The highest BCUT2D eigenvalue weighted by atomic mass is 16.5. The van der Waals surface area contributed by atoms with E-state index in [9.17, 15) is 5.02 Å². The number of hydrogen-bond acceptors (Lipinski definition) is 3. The molecule has 4 heteroatoms. The monoisotopic (exact) mass is 178 g/mol. The molecule has 1 aromatic rings. The zero-order valence-electron chi connectivity index (χ0n) is 7.49. The van der Waals surface area contributed by atoms with Crippen molar-refractivity contribution >= 4 is 12.6 Å². The van der Waals surface area contributed by atoms with Crippen LogP contribution in [0.25, 0.3) is 0 Å². The smallest absolute Gasteiger partial charge is 0.423 e. The Bertz CT molecular complexity index is 314. The van der Waals surface area contributed by atoms with Crippen molar-refractivity contribution in [1.29, 1.82) is 0 Å². The number of hydrogen-bond donors (Lipinski definition) is 1. The van der Waals surface area contributed by atoms with Gasteiger partial charge >= 0.3 is 7.12 Å². The lowest BCUT2D eigenvalue weighted by molar-refractivity contribution is 0.185. The Kier molecular flexibility index (Phi) is 2.35. The van der Waals surface area contributed by atoms with Crippen molar-refractivity contribution in [2.24, 2.45) is 0 Å². The molecule has 0 fully saturated rings. The number of methoxy groups -OCH3 is 1. The van der Waals surface area contributed by atoms with Crippen molar-refractivity contribution in [2.75, 3.05) is 7.11 Å². The molecule has 1 N–H and O–H groups in total. The average Bonchev–Trinajstić information content (AvgIpc) is 2.49. The van der Waals surface area contributed by atoms with Gasteiger partial charge in [0.15, 0.2) is 0 Å². The maximum Gasteiger partial charge on any atom is 0.491 e. The van der Waals surface area contributed by atoms with Crippen LogP contribution < -0.4 is 5.46 Å². The van der Waals surface area contributed by atoms with Gasteiger partial charge in [0.05, 0.1) is 13.2 Å². The summed E-state index contributed by atoms with van der Waals surface area (Å²) < 4.78 is 10.1. The van der Waals surface area contributed by atoms with Crippen LogP contribution in [-0.2, 0) is 22.6 Å². The van der Waals surface area contributed by atoms with Crippen molar-refractivity contribution in [3.63, 3.8) is 0 Å². The maximum atomic E-state index is 9.41. The highest BCUT2D eigenvalue weighted by Gasteiger charge is 2.26. The number of rotatable bonds is 2. The minimum Gasteiger partial charge on any atom is -0.423 e. The molecule has 1 aromatic carbocycles. The van der Waals surface area contributed by atoms with E-state index in [0.29, 0.717) is 13.2 Å². The lowest BCUT2D eigenvalue weighted by Gasteiger charge is -2.02. The molecule has 0 saturated heterocycles. The van der Waals surface area contributed by atoms with Crippen molar-refractivity contribution in [1.82, 2.24) is 0 Å². The molecule has 0 spiro atoms. The first kappa shape index (κ1) is 8.75. The first-order valence-corrected chi connectivity index (χ1v) is 4.21. The fourth-order valence-corrected chi connectivity index (χ4v) is 1.52. The summed E-state index contributed by atoms with van der Waals surface area (Å²) in [5, 5.41) is 9.41. The third-order valence-corrected chi connectivity index (χ3v) is 2.18. The second-order valence-corrected chi connectivity index (χ2v) is 3.13. The summed E-state index contributed by atoms with van der Waals surface area (Å²) >= 11 is 0. The lowest BCUT2D eigenvalue weighted by Crippen LogP contribution is -2.28. The van der Waals surface area contributed by atoms with E-state index < -0.39 is 7.12 Å². The normalized spacial score (nSPS) is 14.8. The van der Waals surface area contributed by atoms with Crippen molar-refractivity contribution in [2.45, 2.75) is 13.2 Å². The molecule has 13 heavy (non-hydrogen) atoms. The summed E-state index contributed by atoms with van der Waals surface area (Å²) in [4.78, 5) is 0. The Morgan fingerprint density at radius 2 is 2.46 bits per heavy atom. The van der Waals surface area contributed by atoms with Crippen molar-refractivity contribution in [3.05, 3.63) is 29.3 Å². The molecule has 1 aliphatic heterocycles. The molecule has 0 aliphatic carbocycles. The molecule has 68 valence electrons. The lowest BCUT2D eigenvalue weighted by atomic mass is 9.79.